The van der Waals surface area contributed by atoms with Crippen LogP contribution in [0.25, 0.3) is 10.8 Å². The predicted octanol–water partition coefficient (Wildman–Crippen LogP) is 3.86. The Kier molecular flexibility index (Phi) is 5.01. The van der Waals surface area contributed by atoms with Gasteiger partial charge in [-0.1, -0.05) is 54.1 Å². The highest BCUT2D eigenvalue weighted by molar-refractivity contribution is 6.07. The minimum Gasteiger partial charge on any atom is -0.355 e. The molecule has 27 heavy (non-hydrogen) atoms. The summed E-state index contributed by atoms with van der Waals surface area (Å²) in [5.74, 6) is 0.700. The van der Waals surface area contributed by atoms with Crippen molar-refractivity contribution in [2.45, 2.75) is 32.7 Å². The van der Waals surface area contributed by atoms with E-state index < -0.39 is 0 Å². The molecular formula is C22H24N4O. The van der Waals surface area contributed by atoms with Gasteiger partial charge in [-0.15, -0.1) is 10.2 Å². The molecule has 1 saturated heterocycles. The number of benzene rings is 2. The maximum absolute atomic E-state index is 12.8. The Bertz CT molecular complexity index is 963. The molecule has 1 N–H and O–H groups in total. The molecule has 3 aromatic rings. The van der Waals surface area contributed by atoms with E-state index in [0.29, 0.717) is 12.2 Å². The summed E-state index contributed by atoms with van der Waals surface area (Å²) in [5, 5.41) is 13.6. The van der Waals surface area contributed by atoms with Crippen molar-refractivity contribution >= 4 is 22.5 Å². The fraction of sp³-hybridized carbons (Fsp3) is 0.318. The number of nitrogens with zero attached hydrogens (tertiary/aromatic N) is 3. The van der Waals surface area contributed by atoms with Gasteiger partial charge in [-0.2, -0.15) is 0 Å². The standard InChI is InChI=1S/C22H24N4O/c1-16-8-7-9-17(14-16)15-23-22(27)20-18-10-3-4-11-19(18)21(25-24-20)26-12-5-2-6-13-26/h3-4,7-11,14H,2,5-6,12-13,15H2,1H3,(H,23,27). The molecule has 2 aromatic carbocycles. The van der Waals surface area contributed by atoms with Crippen LogP contribution in [0.3, 0.4) is 0 Å². The number of piperidine rings is 1. The highest BCUT2D eigenvalue weighted by Gasteiger charge is 2.20. The van der Waals surface area contributed by atoms with Crippen molar-refractivity contribution in [3.8, 4) is 0 Å². The molecule has 0 atom stereocenters. The number of amides is 1. The average Bonchev–Trinajstić information content (AvgIpc) is 2.72. The number of hydrogen-bond acceptors (Lipinski definition) is 4. The number of aromatic nitrogens is 2. The van der Waals surface area contributed by atoms with E-state index in [-0.39, 0.29) is 5.91 Å². The van der Waals surface area contributed by atoms with Gasteiger partial charge in [0.05, 0.1) is 0 Å². The number of carbonyl (C=O) groups excluding carboxylic acids is 1. The third-order valence-electron chi connectivity index (χ3n) is 5.07. The Morgan fingerprint density at radius 2 is 1.78 bits per heavy atom. The Labute approximate surface area is 159 Å². The number of anilines is 1. The third-order valence-corrected chi connectivity index (χ3v) is 5.07. The van der Waals surface area contributed by atoms with E-state index in [9.17, 15) is 4.79 Å². The summed E-state index contributed by atoms with van der Waals surface area (Å²) < 4.78 is 0. The van der Waals surface area contributed by atoms with Gasteiger partial charge in [0.2, 0.25) is 0 Å². The quantitative estimate of drug-likeness (QED) is 0.768. The Hall–Kier alpha value is -2.95. The summed E-state index contributed by atoms with van der Waals surface area (Å²) >= 11 is 0. The first-order valence-electron chi connectivity index (χ1n) is 9.56. The van der Waals surface area contributed by atoms with Gasteiger partial charge in [-0.05, 0) is 31.7 Å². The first-order valence-corrected chi connectivity index (χ1v) is 9.56. The van der Waals surface area contributed by atoms with E-state index in [2.05, 4.69) is 26.5 Å². The van der Waals surface area contributed by atoms with Crippen molar-refractivity contribution < 1.29 is 4.79 Å². The maximum Gasteiger partial charge on any atom is 0.272 e. The number of carbonyl (C=O) groups is 1. The van der Waals surface area contributed by atoms with Gasteiger partial charge in [0.25, 0.3) is 5.91 Å². The fourth-order valence-electron chi connectivity index (χ4n) is 3.68. The molecule has 138 valence electrons. The van der Waals surface area contributed by atoms with Crippen LogP contribution in [-0.2, 0) is 6.54 Å². The van der Waals surface area contributed by atoms with Gasteiger partial charge in [-0.3, -0.25) is 4.79 Å². The number of fused-ring (bicyclic) bond motifs is 1. The van der Waals surface area contributed by atoms with Crippen LogP contribution in [-0.4, -0.2) is 29.2 Å². The van der Waals surface area contributed by atoms with Crippen LogP contribution in [0.5, 0.6) is 0 Å². The summed E-state index contributed by atoms with van der Waals surface area (Å²) in [6.45, 7) is 4.52. The lowest BCUT2D eigenvalue weighted by Gasteiger charge is -2.28. The summed E-state index contributed by atoms with van der Waals surface area (Å²) in [6, 6.07) is 16.1. The smallest absolute Gasteiger partial charge is 0.272 e. The van der Waals surface area contributed by atoms with Crippen molar-refractivity contribution in [3.05, 3.63) is 65.4 Å². The number of nitrogens with one attached hydrogen (secondary N) is 1. The average molecular weight is 360 g/mol. The van der Waals surface area contributed by atoms with Crippen molar-refractivity contribution in [2.24, 2.45) is 0 Å². The van der Waals surface area contributed by atoms with Crippen molar-refractivity contribution in [3.63, 3.8) is 0 Å². The second-order valence-electron chi connectivity index (χ2n) is 7.14. The van der Waals surface area contributed by atoms with Crippen LogP contribution < -0.4 is 10.2 Å². The highest BCUT2D eigenvalue weighted by atomic mass is 16.1. The Balaban J connectivity index is 1.61. The second kappa shape index (κ2) is 7.74. The van der Waals surface area contributed by atoms with Crippen molar-refractivity contribution in [2.75, 3.05) is 18.0 Å². The maximum atomic E-state index is 12.8. The molecule has 2 heterocycles. The summed E-state index contributed by atoms with van der Waals surface area (Å²) in [4.78, 5) is 15.1. The summed E-state index contributed by atoms with van der Waals surface area (Å²) in [6.07, 6.45) is 3.62. The largest absolute Gasteiger partial charge is 0.355 e. The van der Waals surface area contributed by atoms with Gasteiger partial charge in [0.1, 0.15) is 0 Å². The van der Waals surface area contributed by atoms with E-state index in [1.165, 1.54) is 24.8 Å². The molecule has 4 rings (SSSR count). The lowest BCUT2D eigenvalue weighted by molar-refractivity contribution is 0.0947. The normalized spacial score (nSPS) is 14.3. The minimum atomic E-state index is -0.189. The fourth-order valence-corrected chi connectivity index (χ4v) is 3.68. The molecule has 0 unspecified atom stereocenters. The summed E-state index contributed by atoms with van der Waals surface area (Å²) in [5.41, 5.74) is 2.64. The van der Waals surface area contributed by atoms with Crippen LogP contribution in [0.15, 0.2) is 48.5 Å². The predicted molar refractivity (Wildman–Crippen MR) is 108 cm³/mol. The van der Waals surface area contributed by atoms with E-state index >= 15 is 0 Å². The Morgan fingerprint density at radius 3 is 2.56 bits per heavy atom. The van der Waals surface area contributed by atoms with Crippen molar-refractivity contribution in [1.82, 2.24) is 15.5 Å². The first kappa shape index (κ1) is 17.5. The van der Waals surface area contributed by atoms with E-state index in [1.807, 2.05) is 49.4 Å². The van der Waals surface area contributed by atoms with Gasteiger partial charge in [-0.25, -0.2) is 0 Å². The van der Waals surface area contributed by atoms with E-state index in [1.54, 1.807) is 0 Å². The zero-order valence-electron chi connectivity index (χ0n) is 15.6. The molecule has 0 spiro atoms. The Morgan fingerprint density at radius 1 is 1.00 bits per heavy atom. The monoisotopic (exact) mass is 360 g/mol. The van der Waals surface area contributed by atoms with Crippen LogP contribution in [0, 0.1) is 6.92 Å². The molecule has 1 aliphatic rings. The first-order chi connectivity index (χ1) is 13.2. The van der Waals surface area contributed by atoms with Crippen molar-refractivity contribution in [1.29, 1.82) is 0 Å². The number of hydrogen-bond donors (Lipinski definition) is 1. The lowest BCUT2D eigenvalue weighted by atomic mass is 10.1. The molecule has 0 aliphatic carbocycles. The third kappa shape index (κ3) is 3.77. The zero-order chi connectivity index (χ0) is 18.6. The van der Waals surface area contributed by atoms with E-state index in [4.69, 9.17) is 0 Å². The van der Waals surface area contributed by atoms with Crippen LogP contribution >= 0.6 is 0 Å². The van der Waals surface area contributed by atoms with Crippen LogP contribution in [0.1, 0.15) is 40.9 Å². The second-order valence-corrected chi connectivity index (χ2v) is 7.14. The molecule has 0 bridgehead atoms. The molecule has 1 aliphatic heterocycles. The summed E-state index contributed by atoms with van der Waals surface area (Å²) in [7, 11) is 0. The molecule has 5 heteroatoms. The topological polar surface area (TPSA) is 58.1 Å². The molecule has 5 nitrogen and oxygen atoms in total. The minimum absolute atomic E-state index is 0.189. The molecule has 1 fully saturated rings. The lowest BCUT2D eigenvalue weighted by Crippen LogP contribution is -2.31. The number of rotatable bonds is 4. The molecular weight excluding hydrogens is 336 g/mol. The molecule has 0 saturated carbocycles. The van der Waals surface area contributed by atoms with Crippen LogP contribution in [0.2, 0.25) is 0 Å². The van der Waals surface area contributed by atoms with Gasteiger partial charge < -0.3 is 10.2 Å². The SMILES string of the molecule is Cc1cccc(CNC(=O)c2nnc(N3CCCCC3)c3ccccc23)c1. The van der Waals surface area contributed by atoms with Gasteiger partial charge in [0, 0.05) is 30.4 Å². The van der Waals surface area contributed by atoms with Gasteiger partial charge in [0.15, 0.2) is 11.5 Å². The molecule has 0 radical (unpaired) electrons. The number of aryl methyl sites for hydroxylation is 1. The zero-order valence-corrected chi connectivity index (χ0v) is 15.6. The van der Waals surface area contributed by atoms with Crippen LogP contribution in [0.4, 0.5) is 5.82 Å². The van der Waals surface area contributed by atoms with Gasteiger partial charge >= 0.3 is 0 Å². The molecule has 1 aromatic heterocycles. The molecule has 1 amide bonds. The highest BCUT2D eigenvalue weighted by Crippen LogP contribution is 2.27. The van der Waals surface area contributed by atoms with E-state index in [0.717, 1.165) is 35.2 Å².